The highest BCUT2D eigenvalue weighted by molar-refractivity contribution is 6.31. The van der Waals surface area contributed by atoms with E-state index in [1.165, 1.54) is 0 Å². The van der Waals surface area contributed by atoms with Crippen LogP contribution in [0, 0.1) is 6.92 Å². The van der Waals surface area contributed by atoms with Crippen LogP contribution in [-0.4, -0.2) is 29.2 Å². The molecule has 3 aromatic carbocycles. The van der Waals surface area contributed by atoms with E-state index in [2.05, 4.69) is 16.0 Å². The molecule has 0 spiro atoms. The van der Waals surface area contributed by atoms with Gasteiger partial charge in [-0.3, -0.25) is 4.79 Å². The van der Waals surface area contributed by atoms with E-state index < -0.39 is 0 Å². The molecule has 0 bridgehead atoms. The van der Waals surface area contributed by atoms with Crippen LogP contribution in [0.2, 0.25) is 5.02 Å². The molecule has 1 heterocycles. The number of methoxy groups -OCH3 is 1. The maximum Gasteiger partial charge on any atom is 0.224 e. The minimum atomic E-state index is -0.226. The Labute approximate surface area is 217 Å². The molecule has 36 heavy (non-hydrogen) atoms. The average Bonchev–Trinajstić information content (AvgIpc) is 3.25. The predicted molar refractivity (Wildman–Crippen MR) is 144 cm³/mol. The van der Waals surface area contributed by atoms with Gasteiger partial charge in [-0.25, -0.2) is 4.98 Å². The van der Waals surface area contributed by atoms with Gasteiger partial charge >= 0.3 is 0 Å². The number of rotatable bonds is 11. The Morgan fingerprint density at radius 3 is 2.56 bits per heavy atom. The molecule has 7 heteroatoms. The van der Waals surface area contributed by atoms with Crippen LogP contribution in [0.15, 0.2) is 66.7 Å². The maximum atomic E-state index is 12.8. The summed E-state index contributed by atoms with van der Waals surface area (Å²) in [6, 6.07) is 21.1. The first-order chi connectivity index (χ1) is 17.4. The minimum Gasteiger partial charge on any atom is -0.497 e. The fourth-order valence-electron chi connectivity index (χ4n) is 4.21. The number of benzene rings is 3. The number of nitrogens with zero attached hydrogens (tertiary/aromatic N) is 2. The number of aryl methyl sites for hydroxylation is 2. The summed E-state index contributed by atoms with van der Waals surface area (Å²) in [6.07, 6.45) is 2.12. The number of hydrogen-bond acceptors (Lipinski definition) is 4. The first-order valence-electron chi connectivity index (χ1n) is 12.2. The van der Waals surface area contributed by atoms with Gasteiger partial charge in [0.2, 0.25) is 5.91 Å². The molecule has 6 nitrogen and oxygen atoms in total. The van der Waals surface area contributed by atoms with Gasteiger partial charge in [0.15, 0.2) is 0 Å². The Hall–Kier alpha value is -3.51. The van der Waals surface area contributed by atoms with Gasteiger partial charge in [-0.1, -0.05) is 35.9 Å². The van der Waals surface area contributed by atoms with Crippen LogP contribution >= 0.6 is 11.6 Å². The summed E-state index contributed by atoms with van der Waals surface area (Å²) >= 11 is 6.10. The van der Waals surface area contributed by atoms with E-state index in [0.29, 0.717) is 13.0 Å². The lowest BCUT2D eigenvalue weighted by atomic mass is 10.1. The van der Waals surface area contributed by atoms with Crippen molar-refractivity contribution in [3.63, 3.8) is 0 Å². The van der Waals surface area contributed by atoms with Crippen LogP contribution in [0.25, 0.3) is 11.0 Å². The van der Waals surface area contributed by atoms with Crippen LogP contribution in [0.5, 0.6) is 11.5 Å². The first-order valence-corrected chi connectivity index (χ1v) is 12.6. The van der Waals surface area contributed by atoms with E-state index in [9.17, 15) is 4.79 Å². The monoisotopic (exact) mass is 505 g/mol. The number of fused-ring (bicyclic) bond motifs is 1. The molecule has 1 N–H and O–H groups in total. The fraction of sp³-hybridized carbons (Fsp3) is 0.310. The average molecular weight is 506 g/mol. The molecular formula is C29H32ClN3O3. The second kappa shape index (κ2) is 12.0. The summed E-state index contributed by atoms with van der Waals surface area (Å²) in [6.45, 7) is 5.36. The second-order valence-electron chi connectivity index (χ2n) is 8.89. The zero-order chi connectivity index (χ0) is 25.5. The summed E-state index contributed by atoms with van der Waals surface area (Å²) in [5.41, 5.74) is 3.94. The third kappa shape index (κ3) is 6.38. The molecule has 1 atom stereocenters. The van der Waals surface area contributed by atoms with Crippen molar-refractivity contribution < 1.29 is 14.3 Å². The van der Waals surface area contributed by atoms with Crippen LogP contribution in [0.4, 0.5) is 0 Å². The molecule has 188 valence electrons. The number of imidazole rings is 1. The van der Waals surface area contributed by atoms with Crippen molar-refractivity contribution in [3.05, 3.63) is 88.7 Å². The summed E-state index contributed by atoms with van der Waals surface area (Å²) in [5.74, 6) is 2.42. The van der Waals surface area contributed by atoms with E-state index in [0.717, 1.165) is 63.9 Å². The van der Waals surface area contributed by atoms with Crippen LogP contribution in [0.3, 0.4) is 0 Å². The SMILES string of the molecule is COc1ccc(CC(=O)NC(C)c2nc3ccccc3n2CCCCOc2ccc(Cl)c(C)c2)cc1. The minimum absolute atomic E-state index is 0.0436. The number of hydrogen-bond donors (Lipinski definition) is 1. The summed E-state index contributed by atoms with van der Waals surface area (Å²) in [5, 5.41) is 3.86. The quantitative estimate of drug-likeness (QED) is 0.243. The van der Waals surface area contributed by atoms with Crippen molar-refractivity contribution in [2.24, 2.45) is 0 Å². The summed E-state index contributed by atoms with van der Waals surface area (Å²) < 4.78 is 13.3. The van der Waals surface area contributed by atoms with Crippen LogP contribution < -0.4 is 14.8 Å². The lowest BCUT2D eigenvalue weighted by Gasteiger charge is -2.17. The molecule has 0 saturated heterocycles. The van der Waals surface area contributed by atoms with Crippen molar-refractivity contribution in [3.8, 4) is 11.5 Å². The topological polar surface area (TPSA) is 65.4 Å². The van der Waals surface area contributed by atoms with E-state index >= 15 is 0 Å². The van der Waals surface area contributed by atoms with Crippen molar-refractivity contribution >= 4 is 28.5 Å². The number of para-hydroxylation sites is 2. The third-order valence-electron chi connectivity index (χ3n) is 6.15. The molecule has 0 aliphatic carbocycles. The molecular weight excluding hydrogens is 474 g/mol. The van der Waals surface area contributed by atoms with Gasteiger partial charge in [0.1, 0.15) is 17.3 Å². The first kappa shape index (κ1) is 25.6. The van der Waals surface area contributed by atoms with Gasteiger partial charge in [0, 0.05) is 11.6 Å². The fourth-order valence-corrected chi connectivity index (χ4v) is 4.33. The van der Waals surface area contributed by atoms with Gasteiger partial charge < -0.3 is 19.4 Å². The summed E-state index contributed by atoms with van der Waals surface area (Å²) in [4.78, 5) is 17.6. The second-order valence-corrected chi connectivity index (χ2v) is 9.30. The molecule has 0 aliphatic rings. The highest BCUT2D eigenvalue weighted by atomic mass is 35.5. The molecule has 0 aliphatic heterocycles. The van der Waals surface area contributed by atoms with E-state index in [1.54, 1.807) is 7.11 Å². The maximum absolute atomic E-state index is 12.8. The van der Waals surface area contributed by atoms with Crippen LogP contribution in [0.1, 0.15) is 42.8 Å². The Balaban J connectivity index is 1.37. The number of unbranched alkanes of at least 4 members (excludes halogenated alkanes) is 1. The Bertz CT molecular complexity index is 1320. The molecule has 1 unspecified atom stereocenters. The summed E-state index contributed by atoms with van der Waals surface area (Å²) in [7, 11) is 1.63. The number of ether oxygens (including phenoxy) is 2. The number of carbonyl (C=O) groups is 1. The Kier molecular flexibility index (Phi) is 8.49. The predicted octanol–water partition coefficient (Wildman–Crippen LogP) is 6.29. The number of nitrogens with one attached hydrogen (secondary N) is 1. The lowest BCUT2D eigenvalue weighted by Crippen LogP contribution is -2.30. The molecule has 0 saturated carbocycles. The normalized spacial score (nSPS) is 11.9. The third-order valence-corrected chi connectivity index (χ3v) is 6.57. The van der Waals surface area contributed by atoms with Gasteiger partial charge in [-0.2, -0.15) is 0 Å². The van der Waals surface area contributed by atoms with Gasteiger partial charge in [-0.05, 0) is 80.3 Å². The number of carbonyl (C=O) groups excluding carboxylic acids is 1. The molecule has 0 fully saturated rings. The number of halogens is 1. The van der Waals surface area contributed by atoms with Gasteiger partial charge in [0.05, 0.1) is 37.2 Å². The zero-order valence-corrected chi connectivity index (χ0v) is 21.7. The van der Waals surface area contributed by atoms with E-state index in [-0.39, 0.29) is 11.9 Å². The standard InChI is InChI=1S/C29H32ClN3O3/c1-20-18-24(14-15-25(20)30)36-17-7-6-16-33-27-9-5-4-8-26(27)32-29(33)21(2)31-28(34)19-22-10-12-23(35-3)13-11-22/h4-5,8-15,18,21H,6-7,16-17,19H2,1-3H3,(H,31,34). The lowest BCUT2D eigenvalue weighted by molar-refractivity contribution is -0.121. The van der Waals surface area contributed by atoms with Crippen LogP contribution in [-0.2, 0) is 17.8 Å². The van der Waals surface area contributed by atoms with Crippen molar-refractivity contribution in [2.75, 3.05) is 13.7 Å². The smallest absolute Gasteiger partial charge is 0.224 e. The Morgan fingerprint density at radius 2 is 1.81 bits per heavy atom. The van der Waals surface area contributed by atoms with Gasteiger partial charge in [0.25, 0.3) is 0 Å². The largest absolute Gasteiger partial charge is 0.497 e. The van der Waals surface area contributed by atoms with E-state index in [4.69, 9.17) is 26.1 Å². The molecule has 1 amide bonds. The number of amides is 1. The number of aromatic nitrogens is 2. The highest BCUT2D eigenvalue weighted by Crippen LogP contribution is 2.23. The molecule has 0 radical (unpaired) electrons. The molecule has 1 aromatic heterocycles. The Morgan fingerprint density at radius 1 is 1.06 bits per heavy atom. The van der Waals surface area contributed by atoms with E-state index in [1.807, 2.05) is 74.5 Å². The highest BCUT2D eigenvalue weighted by Gasteiger charge is 2.18. The van der Waals surface area contributed by atoms with Crippen molar-refractivity contribution in [2.45, 2.75) is 45.7 Å². The van der Waals surface area contributed by atoms with Crippen molar-refractivity contribution in [1.29, 1.82) is 0 Å². The van der Waals surface area contributed by atoms with Crippen molar-refractivity contribution in [1.82, 2.24) is 14.9 Å². The molecule has 4 aromatic rings. The van der Waals surface area contributed by atoms with Gasteiger partial charge in [-0.15, -0.1) is 0 Å². The molecule has 4 rings (SSSR count). The zero-order valence-electron chi connectivity index (χ0n) is 21.0.